The van der Waals surface area contributed by atoms with Crippen molar-refractivity contribution in [2.75, 3.05) is 0 Å². The number of hydrogen-bond acceptors (Lipinski definition) is 1. The molecule has 0 fully saturated rings. The van der Waals surface area contributed by atoms with E-state index in [1.165, 1.54) is 86.7 Å². The Bertz CT molecular complexity index is 2430. The highest BCUT2D eigenvalue weighted by molar-refractivity contribution is 6.47. The predicted octanol–water partition coefficient (Wildman–Crippen LogP) is 10.6. The molecule has 0 saturated heterocycles. The van der Waals surface area contributed by atoms with Gasteiger partial charge < -0.3 is 5.11 Å². The summed E-state index contributed by atoms with van der Waals surface area (Å²) in [4.78, 5) is 0. The molecule has 0 radical (unpaired) electrons. The first-order valence-electron chi connectivity index (χ1n) is 13.7. The molecule has 0 bridgehead atoms. The van der Waals surface area contributed by atoms with Crippen molar-refractivity contribution in [3.8, 4) is 16.9 Å². The Morgan fingerprint density at radius 1 is 0.410 bits per heavy atom. The van der Waals surface area contributed by atoms with Gasteiger partial charge in [0.25, 0.3) is 0 Å². The lowest BCUT2D eigenvalue weighted by molar-refractivity contribution is 0.476. The average molecular weight is 497 g/mol. The van der Waals surface area contributed by atoms with Crippen molar-refractivity contribution < 1.29 is 5.11 Å². The topological polar surface area (TPSA) is 20.2 Å². The number of phenolic OH excluding ortho intramolecular Hbond substituents is 1. The second kappa shape index (κ2) is 7.36. The van der Waals surface area contributed by atoms with Crippen LogP contribution in [0.1, 0.15) is 12.5 Å². The Morgan fingerprint density at radius 3 is 1.72 bits per heavy atom. The Labute approximate surface area is 225 Å². The van der Waals surface area contributed by atoms with Gasteiger partial charge in [-0.05, 0) is 123 Å². The Kier molecular flexibility index (Phi) is 3.98. The van der Waals surface area contributed by atoms with Crippen LogP contribution >= 0.6 is 0 Å². The van der Waals surface area contributed by atoms with Gasteiger partial charge in [-0.15, -0.1) is 0 Å². The molecule has 9 rings (SSSR count). The Balaban J connectivity index is 1.62. The van der Waals surface area contributed by atoms with Crippen LogP contribution in [0.15, 0.2) is 109 Å². The predicted molar refractivity (Wildman–Crippen MR) is 168 cm³/mol. The van der Waals surface area contributed by atoms with E-state index in [1.54, 1.807) is 0 Å². The molecule has 0 aliphatic heterocycles. The Hall–Kier alpha value is -4.88. The van der Waals surface area contributed by atoms with E-state index in [1.807, 2.05) is 12.1 Å². The third kappa shape index (κ3) is 2.65. The van der Waals surface area contributed by atoms with E-state index < -0.39 is 0 Å². The van der Waals surface area contributed by atoms with Gasteiger partial charge in [0.15, 0.2) is 0 Å². The fourth-order valence-corrected chi connectivity index (χ4v) is 7.26. The minimum absolute atomic E-state index is 0.305. The summed E-state index contributed by atoms with van der Waals surface area (Å²) in [6.45, 7) is 2.22. The number of aryl methyl sites for hydroxylation is 1. The number of aromatic hydroxyl groups is 1. The van der Waals surface area contributed by atoms with Crippen molar-refractivity contribution in [3.63, 3.8) is 0 Å². The third-order valence-corrected chi connectivity index (χ3v) is 8.96. The van der Waals surface area contributed by atoms with E-state index in [4.69, 9.17) is 0 Å². The van der Waals surface area contributed by atoms with Crippen molar-refractivity contribution in [2.45, 2.75) is 13.3 Å². The normalized spacial score (nSPS) is 12.4. The summed E-state index contributed by atoms with van der Waals surface area (Å²) in [6, 6.07) is 39.8. The highest BCUT2D eigenvalue weighted by Gasteiger charge is 2.22. The maximum Gasteiger partial charge on any atom is 0.116 e. The van der Waals surface area contributed by atoms with Gasteiger partial charge >= 0.3 is 0 Å². The number of hydrogen-bond donors (Lipinski definition) is 1. The molecule has 1 heteroatoms. The number of rotatable bonds is 2. The standard InChI is InChI=1S/C38H24O/c1-2-21-7-5-8-22(17-21)23-18-33-26-10-4-3-9-25(26)30-15-16-31-32-20-24(39)13-14-27(32)28-11-6-12-29-34(19-23)36(33)37(30)38(31)35(28)29/h3-20,39H,2H2,1H3. The molecule has 0 saturated carbocycles. The molecule has 0 spiro atoms. The molecular formula is C38H24O. The van der Waals surface area contributed by atoms with Crippen LogP contribution in [0.5, 0.6) is 5.75 Å². The van der Waals surface area contributed by atoms with Crippen LogP contribution in [0, 0.1) is 0 Å². The van der Waals surface area contributed by atoms with Crippen molar-refractivity contribution >= 4 is 75.4 Å². The lowest BCUT2D eigenvalue weighted by atomic mass is 9.81. The molecule has 1 nitrogen and oxygen atoms in total. The van der Waals surface area contributed by atoms with Crippen LogP contribution in [0.3, 0.4) is 0 Å². The van der Waals surface area contributed by atoms with E-state index in [0.29, 0.717) is 5.75 Å². The van der Waals surface area contributed by atoms with E-state index >= 15 is 0 Å². The van der Waals surface area contributed by atoms with E-state index in [9.17, 15) is 5.11 Å². The molecule has 0 amide bonds. The maximum absolute atomic E-state index is 10.5. The van der Waals surface area contributed by atoms with Crippen LogP contribution in [-0.4, -0.2) is 5.11 Å². The summed E-state index contributed by atoms with van der Waals surface area (Å²) in [5, 5.41) is 28.3. The minimum Gasteiger partial charge on any atom is -0.508 e. The molecule has 0 aliphatic rings. The van der Waals surface area contributed by atoms with Gasteiger partial charge in [-0.1, -0.05) is 91.9 Å². The van der Waals surface area contributed by atoms with Crippen molar-refractivity contribution in [1.29, 1.82) is 0 Å². The largest absolute Gasteiger partial charge is 0.508 e. The first kappa shape index (κ1) is 21.1. The maximum atomic E-state index is 10.5. The van der Waals surface area contributed by atoms with Crippen LogP contribution in [0.4, 0.5) is 0 Å². The first-order valence-corrected chi connectivity index (χ1v) is 13.7. The van der Waals surface area contributed by atoms with Crippen molar-refractivity contribution in [2.24, 2.45) is 0 Å². The quantitative estimate of drug-likeness (QED) is 0.186. The third-order valence-electron chi connectivity index (χ3n) is 8.96. The SMILES string of the molecule is CCc1cccc(-c2cc3c4ccccc4c4ccc5c6cc(O)ccc6c6cccc7c(c2)c3c4c5c67)c1. The highest BCUT2D eigenvalue weighted by Crippen LogP contribution is 2.51. The van der Waals surface area contributed by atoms with Crippen molar-refractivity contribution in [3.05, 3.63) is 115 Å². The van der Waals surface area contributed by atoms with Crippen LogP contribution < -0.4 is 0 Å². The van der Waals surface area contributed by atoms with Gasteiger partial charge in [-0.2, -0.15) is 0 Å². The van der Waals surface area contributed by atoms with Crippen molar-refractivity contribution in [1.82, 2.24) is 0 Å². The second-order valence-corrected chi connectivity index (χ2v) is 10.9. The minimum atomic E-state index is 0.305. The lowest BCUT2D eigenvalue weighted by Crippen LogP contribution is -1.94. The van der Waals surface area contributed by atoms with Gasteiger partial charge in [0, 0.05) is 0 Å². The van der Waals surface area contributed by atoms with Crippen LogP contribution in [0.2, 0.25) is 0 Å². The zero-order valence-electron chi connectivity index (χ0n) is 21.5. The van der Waals surface area contributed by atoms with E-state index in [2.05, 4.69) is 104 Å². The fourth-order valence-electron chi connectivity index (χ4n) is 7.26. The summed E-state index contributed by atoms with van der Waals surface area (Å²) in [6.07, 6.45) is 1.02. The number of phenols is 1. The zero-order valence-corrected chi connectivity index (χ0v) is 21.5. The molecule has 0 heterocycles. The molecule has 182 valence electrons. The monoisotopic (exact) mass is 496 g/mol. The average Bonchev–Trinajstić information content (AvgIpc) is 2.99. The number of benzene rings is 9. The highest BCUT2D eigenvalue weighted by atomic mass is 16.3. The van der Waals surface area contributed by atoms with Gasteiger partial charge in [0.1, 0.15) is 5.75 Å². The Morgan fingerprint density at radius 2 is 0.949 bits per heavy atom. The molecular weight excluding hydrogens is 472 g/mol. The summed E-state index contributed by atoms with van der Waals surface area (Å²) >= 11 is 0. The first-order chi connectivity index (χ1) is 19.2. The summed E-state index contributed by atoms with van der Waals surface area (Å²) in [7, 11) is 0. The number of fused-ring (bicyclic) bond motifs is 7. The van der Waals surface area contributed by atoms with Gasteiger partial charge in [-0.3, -0.25) is 0 Å². The van der Waals surface area contributed by atoms with E-state index in [0.717, 1.165) is 11.8 Å². The fraction of sp³-hybridized carbons (Fsp3) is 0.0526. The second-order valence-electron chi connectivity index (χ2n) is 10.9. The summed E-state index contributed by atoms with van der Waals surface area (Å²) < 4.78 is 0. The molecule has 0 aromatic heterocycles. The molecule has 0 aliphatic carbocycles. The molecule has 39 heavy (non-hydrogen) atoms. The summed E-state index contributed by atoms with van der Waals surface area (Å²) in [5.41, 5.74) is 3.88. The summed E-state index contributed by atoms with van der Waals surface area (Å²) in [5.74, 6) is 0.305. The smallest absolute Gasteiger partial charge is 0.116 e. The molecule has 0 atom stereocenters. The van der Waals surface area contributed by atoms with E-state index in [-0.39, 0.29) is 0 Å². The molecule has 9 aromatic carbocycles. The van der Waals surface area contributed by atoms with Crippen LogP contribution in [0.25, 0.3) is 86.5 Å². The van der Waals surface area contributed by atoms with Gasteiger partial charge in [0.2, 0.25) is 0 Å². The molecule has 1 N–H and O–H groups in total. The molecule has 9 aromatic rings. The lowest BCUT2D eigenvalue weighted by Gasteiger charge is -2.22. The van der Waals surface area contributed by atoms with Gasteiger partial charge in [0.05, 0.1) is 0 Å². The van der Waals surface area contributed by atoms with Crippen LogP contribution in [-0.2, 0) is 6.42 Å². The molecule has 0 unspecified atom stereocenters. The zero-order chi connectivity index (χ0) is 25.8. The van der Waals surface area contributed by atoms with Gasteiger partial charge in [-0.25, -0.2) is 0 Å².